The van der Waals surface area contributed by atoms with Gasteiger partial charge < -0.3 is 15.5 Å². The largest absolute Gasteiger partial charge is 0.333 e. The Bertz CT molecular complexity index is 869. The zero-order valence-electron chi connectivity index (χ0n) is 16.1. The van der Waals surface area contributed by atoms with Crippen molar-refractivity contribution in [3.8, 4) is 0 Å². The lowest BCUT2D eigenvalue weighted by Crippen LogP contribution is -2.49. The molecule has 7 heteroatoms. The van der Waals surface area contributed by atoms with Crippen molar-refractivity contribution < 1.29 is 9.59 Å². The van der Waals surface area contributed by atoms with E-state index >= 15 is 0 Å². The number of nitrogens with one attached hydrogen (secondary N) is 2. The van der Waals surface area contributed by atoms with E-state index in [0.717, 1.165) is 42.7 Å². The highest BCUT2D eigenvalue weighted by Crippen LogP contribution is 2.30. The second-order valence-electron chi connectivity index (χ2n) is 7.50. The number of amides is 2. The molecule has 154 valence electrons. The number of hydrogen-bond donors (Lipinski definition) is 2. The summed E-state index contributed by atoms with van der Waals surface area (Å²) < 4.78 is 0. The van der Waals surface area contributed by atoms with Crippen molar-refractivity contribution >= 4 is 41.5 Å². The van der Waals surface area contributed by atoms with Gasteiger partial charge in [-0.05, 0) is 48.2 Å². The van der Waals surface area contributed by atoms with Crippen molar-refractivity contribution in [1.82, 2.24) is 10.2 Å². The van der Waals surface area contributed by atoms with E-state index in [1.807, 2.05) is 53.4 Å². The minimum absolute atomic E-state index is 0. The molecule has 2 aromatic carbocycles. The summed E-state index contributed by atoms with van der Waals surface area (Å²) >= 11 is 6.14. The summed E-state index contributed by atoms with van der Waals surface area (Å²) in [5.74, 6) is 0.368. The predicted octanol–water partition coefficient (Wildman–Crippen LogP) is 3.83. The van der Waals surface area contributed by atoms with Crippen LogP contribution in [0.25, 0.3) is 0 Å². The molecule has 2 N–H and O–H groups in total. The molecule has 1 unspecified atom stereocenters. The molecule has 1 aliphatic heterocycles. The van der Waals surface area contributed by atoms with Crippen LogP contribution in [0.2, 0.25) is 5.02 Å². The quantitative estimate of drug-likeness (QED) is 0.752. The molecule has 2 aliphatic rings. The molecule has 2 aromatic rings. The van der Waals surface area contributed by atoms with Gasteiger partial charge in [0.25, 0.3) is 0 Å². The molecule has 2 fully saturated rings. The van der Waals surface area contributed by atoms with Crippen molar-refractivity contribution in [3.63, 3.8) is 0 Å². The maximum Gasteiger partial charge on any atom is 0.227 e. The molecule has 0 aromatic heterocycles. The fourth-order valence-corrected chi connectivity index (χ4v) is 3.79. The number of hydrogen-bond acceptors (Lipinski definition) is 3. The molecule has 2 amide bonds. The van der Waals surface area contributed by atoms with Crippen LogP contribution < -0.4 is 10.6 Å². The third-order valence-corrected chi connectivity index (χ3v) is 5.56. The SMILES string of the molecule is Cl.O=C(Nc1ccc(CC(=O)N2CCNCC2c2cccc(Cl)c2)cc1)C1CC1. The average Bonchev–Trinajstić information content (AvgIpc) is 3.55. The molecule has 1 saturated carbocycles. The summed E-state index contributed by atoms with van der Waals surface area (Å²) in [4.78, 5) is 26.8. The maximum absolute atomic E-state index is 13.0. The first-order valence-corrected chi connectivity index (χ1v) is 10.1. The molecular formula is C22H25Cl2N3O2. The first-order valence-electron chi connectivity index (χ1n) is 9.75. The molecule has 1 atom stereocenters. The van der Waals surface area contributed by atoms with Gasteiger partial charge in [0.15, 0.2) is 0 Å². The van der Waals surface area contributed by atoms with Gasteiger partial charge in [-0.25, -0.2) is 0 Å². The van der Waals surface area contributed by atoms with Crippen LogP contribution in [0.1, 0.15) is 30.0 Å². The summed E-state index contributed by atoms with van der Waals surface area (Å²) in [6, 6.07) is 15.3. The Morgan fingerprint density at radius 2 is 1.90 bits per heavy atom. The Balaban J connectivity index is 0.00000240. The standard InChI is InChI=1S/C22H24ClN3O2.ClH/c23-18-3-1-2-17(13-18)20-14-24-10-11-26(20)21(27)12-15-4-8-19(9-5-15)25-22(28)16-6-7-16;/h1-5,8-9,13,16,20,24H,6-7,10-12,14H2,(H,25,28);1H. The average molecular weight is 434 g/mol. The Morgan fingerprint density at radius 3 is 2.59 bits per heavy atom. The predicted molar refractivity (Wildman–Crippen MR) is 118 cm³/mol. The third-order valence-electron chi connectivity index (χ3n) is 5.32. The number of rotatable bonds is 5. The Kier molecular flexibility index (Phi) is 7.17. The van der Waals surface area contributed by atoms with Gasteiger partial charge in [0.05, 0.1) is 12.5 Å². The second kappa shape index (κ2) is 9.61. The molecule has 0 radical (unpaired) electrons. The minimum Gasteiger partial charge on any atom is -0.333 e. The fourth-order valence-electron chi connectivity index (χ4n) is 3.59. The van der Waals surface area contributed by atoms with Crippen LogP contribution in [-0.2, 0) is 16.0 Å². The molecule has 1 aliphatic carbocycles. The van der Waals surface area contributed by atoms with E-state index in [1.165, 1.54) is 0 Å². The van der Waals surface area contributed by atoms with Crippen LogP contribution in [0, 0.1) is 5.92 Å². The van der Waals surface area contributed by atoms with Gasteiger partial charge in [0, 0.05) is 36.3 Å². The lowest BCUT2D eigenvalue weighted by atomic mass is 10.0. The highest BCUT2D eigenvalue weighted by molar-refractivity contribution is 6.30. The highest BCUT2D eigenvalue weighted by Gasteiger charge is 2.30. The Hall–Kier alpha value is -2.08. The smallest absolute Gasteiger partial charge is 0.227 e. The van der Waals surface area contributed by atoms with Crippen LogP contribution in [-0.4, -0.2) is 36.3 Å². The summed E-state index contributed by atoms with van der Waals surface area (Å²) in [6.45, 7) is 2.18. The van der Waals surface area contributed by atoms with Gasteiger partial charge in [0.1, 0.15) is 0 Å². The van der Waals surface area contributed by atoms with Crippen LogP contribution in [0.15, 0.2) is 48.5 Å². The number of carbonyl (C=O) groups excluding carboxylic acids is 2. The Morgan fingerprint density at radius 1 is 1.14 bits per heavy atom. The highest BCUT2D eigenvalue weighted by atomic mass is 35.5. The van der Waals surface area contributed by atoms with E-state index in [-0.39, 0.29) is 36.2 Å². The van der Waals surface area contributed by atoms with Crippen LogP contribution in [0.3, 0.4) is 0 Å². The maximum atomic E-state index is 13.0. The number of anilines is 1. The van der Waals surface area contributed by atoms with Gasteiger partial charge in [0.2, 0.25) is 11.8 Å². The van der Waals surface area contributed by atoms with E-state index in [2.05, 4.69) is 10.6 Å². The molecule has 0 spiro atoms. The van der Waals surface area contributed by atoms with E-state index in [1.54, 1.807) is 0 Å². The molecular weight excluding hydrogens is 409 g/mol. The molecule has 1 saturated heterocycles. The number of nitrogens with zero attached hydrogens (tertiary/aromatic N) is 1. The first-order chi connectivity index (χ1) is 13.6. The van der Waals surface area contributed by atoms with E-state index in [4.69, 9.17) is 11.6 Å². The first kappa shape index (κ1) is 21.6. The summed E-state index contributed by atoms with van der Waals surface area (Å²) in [5, 5.41) is 6.97. The number of carbonyl (C=O) groups is 2. The number of halogens is 2. The third kappa shape index (κ3) is 5.50. The van der Waals surface area contributed by atoms with Crippen molar-refractivity contribution in [2.75, 3.05) is 25.0 Å². The number of benzene rings is 2. The summed E-state index contributed by atoms with van der Waals surface area (Å²) in [7, 11) is 0. The molecule has 4 rings (SSSR count). The van der Waals surface area contributed by atoms with Crippen LogP contribution >= 0.6 is 24.0 Å². The minimum atomic E-state index is -0.0166. The Labute approximate surface area is 182 Å². The molecule has 29 heavy (non-hydrogen) atoms. The van der Waals surface area contributed by atoms with Crippen molar-refractivity contribution in [1.29, 1.82) is 0 Å². The van der Waals surface area contributed by atoms with Crippen molar-refractivity contribution in [2.24, 2.45) is 5.92 Å². The van der Waals surface area contributed by atoms with Crippen molar-refractivity contribution in [3.05, 3.63) is 64.7 Å². The van der Waals surface area contributed by atoms with Gasteiger partial charge in [-0.3, -0.25) is 9.59 Å². The van der Waals surface area contributed by atoms with Crippen LogP contribution in [0.4, 0.5) is 5.69 Å². The van der Waals surface area contributed by atoms with Crippen LogP contribution in [0.5, 0.6) is 0 Å². The molecule has 5 nitrogen and oxygen atoms in total. The zero-order valence-corrected chi connectivity index (χ0v) is 17.6. The van der Waals surface area contributed by atoms with Gasteiger partial charge in [-0.2, -0.15) is 0 Å². The van der Waals surface area contributed by atoms with E-state index in [0.29, 0.717) is 18.0 Å². The summed E-state index contributed by atoms with van der Waals surface area (Å²) in [6.07, 6.45) is 2.31. The molecule has 1 heterocycles. The second-order valence-corrected chi connectivity index (χ2v) is 7.94. The monoisotopic (exact) mass is 433 g/mol. The molecule has 0 bridgehead atoms. The van der Waals surface area contributed by atoms with Gasteiger partial charge in [-0.15, -0.1) is 12.4 Å². The zero-order chi connectivity index (χ0) is 19.5. The van der Waals surface area contributed by atoms with E-state index in [9.17, 15) is 9.59 Å². The number of piperazine rings is 1. The normalized spacial score (nSPS) is 18.7. The lowest BCUT2D eigenvalue weighted by molar-refractivity contribution is -0.133. The van der Waals surface area contributed by atoms with Gasteiger partial charge in [-0.1, -0.05) is 35.9 Å². The lowest BCUT2D eigenvalue weighted by Gasteiger charge is -2.36. The van der Waals surface area contributed by atoms with Gasteiger partial charge >= 0.3 is 0 Å². The van der Waals surface area contributed by atoms with E-state index < -0.39 is 0 Å². The summed E-state index contributed by atoms with van der Waals surface area (Å²) in [5.41, 5.74) is 2.77. The van der Waals surface area contributed by atoms with Crippen molar-refractivity contribution in [2.45, 2.75) is 25.3 Å². The topological polar surface area (TPSA) is 61.4 Å². The fraction of sp³-hybridized carbons (Fsp3) is 0.364.